The van der Waals surface area contributed by atoms with Gasteiger partial charge in [0.15, 0.2) is 0 Å². The lowest BCUT2D eigenvalue weighted by molar-refractivity contribution is -0.160. The highest BCUT2D eigenvalue weighted by atomic mass is 16.6. The van der Waals surface area contributed by atoms with Gasteiger partial charge in [-0.1, -0.05) is 12.1 Å². The highest BCUT2D eigenvalue weighted by Gasteiger charge is 2.36. The van der Waals surface area contributed by atoms with Gasteiger partial charge in [0.05, 0.1) is 13.0 Å². The first kappa shape index (κ1) is 14.9. The first-order valence-corrected chi connectivity index (χ1v) is 7.01. The lowest BCUT2D eigenvalue weighted by Gasteiger charge is -2.25. The maximum atomic E-state index is 12.3. The minimum Gasteiger partial charge on any atom is -0.497 e. The second-order valence-corrected chi connectivity index (χ2v) is 6.14. The van der Waals surface area contributed by atoms with E-state index in [0.717, 1.165) is 24.3 Å². The van der Waals surface area contributed by atoms with Crippen molar-refractivity contribution in [3.8, 4) is 5.75 Å². The Hall–Kier alpha value is -1.55. The summed E-state index contributed by atoms with van der Waals surface area (Å²) in [7, 11) is 1.65. The van der Waals surface area contributed by atoms with Gasteiger partial charge in [-0.15, -0.1) is 0 Å². The zero-order valence-electron chi connectivity index (χ0n) is 12.6. The molecule has 0 saturated carbocycles. The third kappa shape index (κ3) is 3.51. The van der Waals surface area contributed by atoms with Crippen LogP contribution in [-0.2, 0) is 9.53 Å². The van der Waals surface area contributed by atoms with Crippen LogP contribution in [0.25, 0.3) is 0 Å². The minimum atomic E-state index is -0.446. The van der Waals surface area contributed by atoms with Gasteiger partial charge in [-0.25, -0.2) is 0 Å². The van der Waals surface area contributed by atoms with Gasteiger partial charge in [0.25, 0.3) is 0 Å². The number of carbonyl (C=O) groups excluding carboxylic acids is 1. The topological polar surface area (TPSA) is 47.6 Å². The molecule has 4 heteroatoms. The second kappa shape index (κ2) is 5.83. The number of rotatable bonds is 3. The fourth-order valence-corrected chi connectivity index (χ4v) is 2.52. The Morgan fingerprint density at radius 1 is 1.35 bits per heavy atom. The maximum absolute atomic E-state index is 12.3. The Kier molecular flexibility index (Phi) is 4.33. The van der Waals surface area contributed by atoms with Crippen LogP contribution in [0.15, 0.2) is 24.3 Å². The second-order valence-electron chi connectivity index (χ2n) is 6.14. The van der Waals surface area contributed by atoms with Crippen molar-refractivity contribution in [3.63, 3.8) is 0 Å². The van der Waals surface area contributed by atoms with Crippen molar-refractivity contribution < 1.29 is 14.3 Å². The van der Waals surface area contributed by atoms with Gasteiger partial charge in [-0.05, 0) is 51.4 Å². The maximum Gasteiger partial charge on any atom is 0.311 e. The summed E-state index contributed by atoms with van der Waals surface area (Å²) in [5.41, 5.74) is 0.621. The monoisotopic (exact) mass is 277 g/mol. The normalized spacial score (nSPS) is 22.6. The number of methoxy groups -OCH3 is 1. The number of nitrogens with one attached hydrogen (secondary N) is 1. The molecule has 2 rings (SSSR count). The Morgan fingerprint density at radius 2 is 2.10 bits per heavy atom. The van der Waals surface area contributed by atoms with Gasteiger partial charge in [-0.3, -0.25) is 4.79 Å². The molecule has 110 valence electrons. The van der Waals surface area contributed by atoms with Crippen LogP contribution in [0.2, 0.25) is 0 Å². The summed E-state index contributed by atoms with van der Waals surface area (Å²) in [6.07, 6.45) is 0.802. The third-order valence-electron chi connectivity index (χ3n) is 3.38. The summed E-state index contributed by atoms with van der Waals surface area (Å²) >= 11 is 0. The van der Waals surface area contributed by atoms with Crippen LogP contribution in [0.3, 0.4) is 0 Å². The Morgan fingerprint density at radius 3 is 2.75 bits per heavy atom. The standard InChI is InChI=1S/C16H23NO3/c1-16(2,3)20-15(18)13-8-9-17-14(13)11-6-5-7-12(10-11)19-4/h5-7,10,13-14,17H,8-9H2,1-4H3. The molecule has 0 radical (unpaired) electrons. The van der Waals surface area contributed by atoms with Gasteiger partial charge >= 0.3 is 5.97 Å². The molecule has 0 amide bonds. The van der Waals surface area contributed by atoms with Crippen molar-refractivity contribution in [3.05, 3.63) is 29.8 Å². The van der Waals surface area contributed by atoms with Crippen LogP contribution < -0.4 is 10.1 Å². The molecular formula is C16H23NO3. The van der Waals surface area contributed by atoms with E-state index in [1.54, 1.807) is 7.11 Å². The third-order valence-corrected chi connectivity index (χ3v) is 3.38. The van der Waals surface area contributed by atoms with E-state index in [9.17, 15) is 4.79 Å². The van der Waals surface area contributed by atoms with Gasteiger partial charge < -0.3 is 14.8 Å². The smallest absolute Gasteiger partial charge is 0.311 e. The molecule has 1 fully saturated rings. The molecule has 1 saturated heterocycles. The summed E-state index contributed by atoms with van der Waals surface area (Å²) in [5, 5.41) is 3.38. The first-order chi connectivity index (χ1) is 9.40. The summed E-state index contributed by atoms with van der Waals surface area (Å²) in [6, 6.07) is 7.84. The van der Waals surface area contributed by atoms with E-state index in [4.69, 9.17) is 9.47 Å². The molecule has 1 aromatic rings. The Bertz CT molecular complexity index is 479. The average molecular weight is 277 g/mol. The van der Waals surface area contributed by atoms with Crippen molar-refractivity contribution in [1.29, 1.82) is 0 Å². The Labute approximate surface area is 120 Å². The quantitative estimate of drug-likeness (QED) is 0.863. The zero-order valence-corrected chi connectivity index (χ0v) is 12.6. The van der Waals surface area contributed by atoms with Crippen LogP contribution >= 0.6 is 0 Å². The molecule has 0 bridgehead atoms. The summed E-state index contributed by atoms with van der Waals surface area (Å²) < 4.78 is 10.8. The van der Waals surface area contributed by atoms with E-state index in [2.05, 4.69) is 5.32 Å². The fraction of sp³-hybridized carbons (Fsp3) is 0.562. The lowest BCUT2D eigenvalue weighted by Crippen LogP contribution is -2.31. The van der Waals surface area contributed by atoms with Gasteiger partial charge in [-0.2, -0.15) is 0 Å². The van der Waals surface area contributed by atoms with Crippen LogP contribution in [0.1, 0.15) is 38.8 Å². The van der Waals surface area contributed by atoms with Crippen LogP contribution in [0.4, 0.5) is 0 Å². The number of benzene rings is 1. The van der Waals surface area contributed by atoms with Gasteiger partial charge in [0, 0.05) is 6.04 Å². The predicted octanol–water partition coefficient (Wildman–Crippen LogP) is 2.69. The van der Waals surface area contributed by atoms with Crippen LogP contribution in [0.5, 0.6) is 5.75 Å². The molecular weight excluding hydrogens is 254 g/mol. The molecule has 1 aromatic carbocycles. The van der Waals surface area contributed by atoms with Crippen molar-refractivity contribution in [2.75, 3.05) is 13.7 Å². The highest BCUT2D eigenvalue weighted by Crippen LogP contribution is 2.33. The largest absolute Gasteiger partial charge is 0.497 e. The summed E-state index contributed by atoms with van der Waals surface area (Å²) in [5.74, 6) is 0.538. The number of hydrogen-bond donors (Lipinski definition) is 1. The number of carbonyl (C=O) groups is 1. The van der Waals surface area contributed by atoms with E-state index in [1.165, 1.54) is 0 Å². The molecule has 1 aliphatic rings. The van der Waals surface area contributed by atoms with Crippen molar-refractivity contribution in [2.24, 2.45) is 5.92 Å². The van der Waals surface area contributed by atoms with Crippen LogP contribution in [-0.4, -0.2) is 25.2 Å². The molecule has 0 spiro atoms. The molecule has 4 nitrogen and oxygen atoms in total. The highest BCUT2D eigenvalue weighted by molar-refractivity contribution is 5.74. The molecule has 2 atom stereocenters. The molecule has 0 aromatic heterocycles. The fourth-order valence-electron chi connectivity index (χ4n) is 2.52. The van der Waals surface area contributed by atoms with Crippen molar-refractivity contribution in [1.82, 2.24) is 5.32 Å². The molecule has 2 unspecified atom stereocenters. The minimum absolute atomic E-state index is 0.0000463. The molecule has 1 aliphatic heterocycles. The number of hydrogen-bond acceptors (Lipinski definition) is 4. The van der Waals surface area contributed by atoms with Crippen molar-refractivity contribution >= 4 is 5.97 Å². The number of ether oxygens (including phenoxy) is 2. The van der Waals surface area contributed by atoms with E-state index in [-0.39, 0.29) is 17.9 Å². The molecule has 0 aliphatic carbocycles. The van der Waals surface area contributed by atoms with Gasteiger partial charge in [0.1, 0.15) is 11.4 Å². The number of esters is 1. The lowest BCUT2D eigenvalue weighted by atomic mass is 9.94. The van der Waals surface area contributed by atoms with E-state index < -0.39 is 5.60 Å². The summed E-state index contributed by atoms with van der Waals surface area (Å²) in [6.45, 7) is 6.52. The predicted molar refractivity (Wildman–Crippen MR) is 77.7 cm³/mol. The summed E-state index contributed by atoms with van der Waals surface area (Å²) in [4.78, 5) is 12.3. The molecule has 1 heterocycles. The van der Waals surface area contributed by atoms with E-state index in [1.807, 2.05) is 45.0 Å². The SMILES string of the molecule is COc1cccc(C2NCCC2C(=O)OC(C)(C)C)c1. The van der Waals surface area contributed by atoms with Crippen LogP contribution in [0, 0.1) is 5.92 Å². The van der Waals surface area contributed by atoms with E-state index >= 15 is 0 Å². The molecule has 20 heavy (non-hydrogen) atoms. The van der Waals surface area contributed by atoms with Crippen molar-refractivity contribution in [2.45, 2.75) is 38.8 Å². The van der Waals surface area contributed by atoms with E-state index in [0.29, 0.717) is 0 Å². The average Bonchev–Trinajstić information content (AvgIpc) is 2.86. The van der Waals surface area contributed by atoms with Gasteiger partial charge in [0.2, 0.25) is 0 Å². The zero-order chi connectivity index (χ0) is 14.8. The Balaban J connectivity index is 2.16. The first-order valence-electron chi connectivity index (χ1n) is 7.01. The molecule has 1 N–H and O–H groups in total.